The largest absolute Gasteiger partial charge is 0.379 e. The van der Waals surface area contributed by atoms with Gasteiger partial charge in [-0.2, -0.15) is 0 Å². The fourth-order valence-corrected chi connectivity index (χ4v) is 1.91. The summed E-state index contributed by atoms with van der Waals surface area (Å²) in [6.07, 6.45) is 5.55. The third-order valence-corrected chi connectivity index (χ3v) is 2.68. The van der Waals surface area contributed by atoms with Gasteiger partial charge in [0.1, 0.15) is 0 Å². The Labute approximate surface area is 82.7 Å². The van der Waals surface area contributed by atoms with Gasteiger partial charge in [0.05, 0.1) is 18.8 Å². The maximum Gasteiger partial charge on any atom is 0.0836 e. The summed E-state index contributed by atoms with van der Waals surface area (Å²) in [5.74, 6) is 0. The third-order valence-electron chi connectivity index (χ3n) is 2.35. The highest BCUT2D eigenvalue weighted by molar-refractivity contribution is 9.09. The van der Waals surface area contributed by atoms with E-state index in [4.69, 9.17) is 9.47 Å². The fraction of sp³-hybridized carbons (Fsp3) is 1.00. The molecular weight excluding hydrogens is 220 g/mol. The van der Waals surface area contributed by atoms with Crippen LogP contribution in [0.3, 0.4) is 0 Å². The lowest BCUT2D eigenvalue weighted by Gasteiger charge is -2.30. The van der Waals surface area contributed by atoms with Gasteiger partial charge in [0.25, 0.3) is 0 Å². The molecular formula is C9H17BrO2. The van der Waals surface area contributed by atoms with Crippen molar-refractivity contribution >= 4 is 15.9 Å². The lowest BCUT2D eigenvalue weighted by Crippen LogP contribution is -2.34. The van der Waals surface area contributed by atoms with Gasteiger partial charge in [-0.25, -0.2) is 0 Å². The van der Waals surface area contributed by atoms with Crippen molar-refractivity contribution < 1.29 is 9.47 Å². The summed E-state index contributed by atoms with van der Waals surface area (Å²) < 4.78 is 11.0. The molecule has 2 atom stereocenters. The first-order chi connectivity index (χ1) is 5.88. The molecule has 0 saturated heterocycles. The second-order valence-electron chi connectivity index (χ2n) is 3.16. The average molecular weight is 237 g/mol. The molecule has 0 amide bonds. The van der Waals surface area contributed by atoms with Crippen LogP contribution < -0.4 is 0 Å². The molecule has 2 unspecified atom stereocenters. The quantitative estimate of drug-likeness (QED) is 0.699. The Kier molecular flexibility index (Phi) is 5.19. The van der Waals surface area contributed by atoms with Gasteiger partial charge in [-0.1, -0.05) is 28.8 Å². The Hall–Kier alpha value is 0.400. The van der Waals surface area contributed by atoms with Crippen LogP contribution in [0.1, 0.15) is 25.7 Å². The predicted octanol–water partition coefficient (Wildman–Crippen LogP) is 2.36. The lowest BCUT2D eigenvalue weighted by atomic mass is 9.95. The molecule has 1 fully saturated rings. The number of hydrogen-bond acceptors (Lipinski definition) is 2. The number of alkyl halides is 1. The first-order valence-electron chi connectivity index (χ1n) is 4.59. The monoisotopic (exact) mass is 236 g/mol. The Bertz CT molecular complexity index is 119. The minimum absolute atomic E-state index is 0.331. The molecule has 12 heavy (non-hydrogen) atoms. The molecule has 0 aromatic heterocycles. The zero-order chi connectivity index (χ0) is 8.81. The normalized spacial score (nSPS) is 30.5. The van der Waals surface area contributed by atoms with E-state index >= 15 is 0 Å². The maximum atomic E-state index is 5.66. The molecule has 3 heteroatoms. The molecule has 0 radical (unpaired) electrons. The van der Waals surface area contributed by atoms with Crippen LogP contribution in [0.25, 0.3) is 0 Å². The second kappa shape index (κ2) is 5.95. The molecule has 2 nitrogen and oxygen atoms in total. The summed E-state index contributed by atoms with van der Waals surface area (Å²) in [5.41, 5.74) is 0. The number of methoxy groups -OCH3 is 1. The summed E-state index contributed by atoms with van der Waals surface area (Å²) in [6, 6.07) is 0. The summed E-state index contributed by atoms with van der Waals surface area (Å²) in [5, 5.41) is 0.917. The molecule has 1 aliphatic carbocycles. The number of ether oxygens (including phenoxy) is 2. The third kappa shape index (κ3) is 3.04. The highest BCUT2D eigenvalue weighted by Gasteiger charge is 2.24. The first-order valence-corrected chi connectivity index (χ1v) is 5.71. The maximum absolute atomic E-state index is 5.66. The minimum Gasteiger partial charge on any atom is -0.379 e. The van der Waals surface area contributed by atoms with Crippen LogP contribution in [0.2, 0.25) is 0 Å². The van der Waals surface area contributed by atoms with E-state index in [0.29, 0.717) is 12.2 Å². The molecule has 1 rings (SSSR count). The Morgan fingerprint density at radius 2 is 1.92 bits per heavy atom. The van der Waals surface area contributed by atoms with Gasteiger partial charge >= 0.3 is 0 Å². The SMILES string of the molecule is COC1CCCCC1OCCBr. The number of rotatable bonds is 4. The molecule has 0 aliphatic heterocycles. The van der Waals surface area contributed by atoms with Crippen LogP contribution in [0.5, 0.6) is 0 Å². The van der Waals surface area contributed by atoms with Crippen LogP contribution in [0.4, 0.5) is 0 Å². The summed E-state index contributed by atoms with van der Waals surface area (Å²) >= 11 is 3.35. The Morgan fingerprint density at radius 3 is 2.50 bits per heavy atom. The van der Waals surface area contributed by atoms with Crippen molar-refractivity contribution in [3.8, 4) is 0 Å². The van der Waals surface area contributed by atoms with Crippen molar-refractivity contribution in [3.05, 3.63) is 0 Å². The highest BCUT2D eigenvalue weighted by Crippen LogP contribution is 2.23. The van der Waals surface area contributed by atoms with Gasteiger partial charge in [-0.05, 0) is 12.8 Å². The van der Waals surface area contributed by atoms with Crippen molar-refractivity contribution in [2.75, 3.05) is 19.0 Å². The molecule has 0 heterocycles. The topological polar surface area (TPSA) is 18.5 Å². The van der Waals surface area contributed by atoms with E-state index in [0.717, 1.165) is 24.8 Å². The van der Waals surface area contributed by atoms with Crippen LogP contribution in [0.15, 0.2) is 0 Å². The van der Waals surface area contributed by atoms with Gasteiger partial charge in [0.2, 0.25) is 0 Å². The van der Waals surface area contributed by atoms with Gasteiger partial charge in [-0.15, -0.1) is 0 Å². The molecule has 0 bridgehead atoms. The fourth-order valence-electron chi connectivity index (χ4n) is 1.72. The van der Waals surface area contributed by atoms with Crippen molar-refractivity contribution in [1.29, 1.82) is 0 Å². The van der Waals surface area contributed by atoms with Crippen molar-refractivity contribution in [2.24, 2.45) is 0 Å². The van der Waals surface area contributed by atoms with Gasteiger partial charge < -0.3 is 9.47 Å². The Morgan fingerprint density at radius 1 is 1.25 bits per heavy atom. The zero-order valence-electron chi connectivity index (χ0n) is 7.59. The Balaban J connectivity index is 2.26. The standard InChI is InChI=1S/C9H17BrO2/c1-11-8-4-2-3-5-9(8)12-7-6-10/h8-9H,2-7H2,1H3. The van der Waals surface area contributed by atoms with E-state index in [2.05, 4.69) is 15.9 Å². The number of halogens is 1. The molecule has 0 aromatic carbocycles. The van der Waals surface area contributed by atoms with E-state index < -0.39 is 0 Å². The molecule has 0 aromatic rings. The second-order valence-corrected chi connectivity index (χ2v) is 3.95. The highest BCUT2D eigenvalue weighted by atomic mass is 79.9. The molecule has 0 N–H and O–H groups in total. The predicted molar refractivity (Wildman–Crippen MR) is 52.8 cm³/mol. The van der Waals surface area contributed by atoms with Crippen molar-refractivity contribution in [3.63, 3.8) is 0 Å². The van der Waals surface area contributed by atoms with Crippen LogP contribution >= 0.6 is 15.9 Å². The minimum atomic E-state index is 0.331. The van der Waals surface area contributed by atoms with Crippen LogP contribution in [0, 0.1) is 0 Å². The van der Waals surface area contributed by atoms with Gasteiger partial charge in [0.15, 0.2) is 0 Å². The van der Waals surface area contributed by atoms with Crippen molar-refractivity contribution in [2.45, 2.75) is 37.9 Å². The molecule has 72 valence electrons. The van der Waals surface area contributed by atoms with E-state index in [1.807, 2.05) is 0 Å². The smallest absolute Gasteiger partial charge is 0.0836 e. The lowest BCUT2D eigenvalue weighted by molar-refractivity contribution is -0.0719. The molecule has 1 aliphatic rings. The van der Waals surface area contributed by atoms with Gasteiger partial charge in [-0.3, -0.25) is 0 Å². The summed E-state index contributed by atoms with van der Waals surface area (Å²) in [6.45, 7) is 0.796. The summed E-state index contributed by atoms with van der Waals surface area (Å²) in [4.78, 5) is 0. The molecule has 1 saturated carbocycles. The summed E-state index contributed by atoms with van der Waals surface area (Å²) in [7, 11) is 1.78. The van der Waals surface area contributed by atoms with E-state index in [-0.39, 0.29) is 0 Å². The average Bonchev–Trinajstić information content (AvgIpc) is 2.15. The van der Waals surface area contributed by atoms with Gasteiger partial charge in [0, 0.05) is 12.4 Å². The van der Waals surface area contributed by atoms with E-state index in [1.165, 1.54) is 12.8 Å². The van der Waals surface area contributed by atoms with Crippen LogP contribution in [-0.4, -0.2) is 31.3 Å². The first kappa shape index (κ1) is 10.5. The molecule has 0 spiro atoms. The zero-order valence-corrected chi connectivity index (χ0v) is 9.18. The van der Waals surface area contributed by atoms with Crippen LogP contribution in [-0.2, 0) is 9.47 Å². The van der Waals surface area contributed by atoms with Crippen molar-refractivity contribution in [1.82, 2.24) is 0 Å². The van der Waals surface area contributed by atoms with E-state index in [9.17, 15) is 0 Å². The van der Waals surface area contributed by atoms with E-state index in [1.54, 1.807) is 7.11 Å². The number of hydrogen-bond donors (Lipinski definition) is 0.